The van der Waals surface area contributed by atoms with E-state index in [-0.39, 0.29) is 6.10 Å². The van der Waals surface area contributed by atoms with E-state index in [1.165, 1.54) is 0 Å². The van der Waals surface area contributed by atoms with E-state index < -0.39 is 0 Å². The Kier molecular flexibility index (Phi) is 4.53. The van der Waals surface area contributed by atoms with Crippen molar-refractivity contribution in [3.8, 4) is 5.75 Å². The minimum Gasteiger partial charge on any atom is -0.491 e. The number of anilines is 2. The highest BCUT2D eigenvalue weighted by atomic mass is 16.5. The molecule has 0 bridgehead atoms. The van der Waals surface area contributed by atoms with Gasteiger partial charge in [0.25, 0.3) is 0 Å². The quantitative estimate of drug-likeness (QED) is 0.849. The number of benzene rings is 1. The van der Waals surface area contributed by atoms with Gasteiger partial charge in [-0.15, -0.1) is 0 Å². The second-order valence-electron chi connectivity index (χ2n) is 5.35. The van der Waals surface area contributed by atoms with E-state index in [0.717, 1.165) is 43.1 Å². The zero-order valence-corrected chi connectivity index (χ0v) is 12.1. The summed E-state index contributed by atoms with van der Waals surface area (Å²) in [5.74, 6) is 0.846. The molecule has 0 unspecified atom stereocenters. The Hall–Kier alpha value is -1.42. The molecule has 0 atom stereocenters. The summed E-state index contributed by atoms with van der Waals surface area (Å²) in [7, 11) is 1.79. The van der Waals surface area contributed by atoms with Gasteiger partial charge in [0.1, 0.15) is 5.75 Å². The maximum Gasteiger partial charge on any atom is 0.123 e. The Balaban J connectivity index is 2.09. The van der Waals surface area contributed by atoms with Gasteiger partial charge in [-0.3, -0.25) is 0 Å². The van der Waals surface area contributed by atoms with E-state index in [9.17, 15) is 0 Å². The van der Waals surface area contributed by atoms with Gasteiger partial charge in [-0.2, -0.15) is 0 Å². The molecule has 1 heterocycles. The number of nitrogens with zero attached hydrogens (tertiary/aromatic N) is 1. The number of piperidine rings is 1. The van der Waals surface area contributed by atoms with Crippen molar-refractivity contribution in [3.63, 3.8) is 0 Å². The molecule has 2 N–H and O–H groups in total. The maximum atomic E-state index is 5.96. The molecule has 1 aromatic rings. The van der Waals surface area contributed by atoms with Gasteiger partial charge in [-0.05, 0) is 32.8 Å². The molecule has 1 aliphatic heterocycles. The van der Waals surface area contributed by atoms with E-state index >= 15 is 0 Å². The fourth-order valence-corrected chi connectivity index (χ4v) is 2.48. The van der Waals surface area contributed by atoms with Gasteiger partial charge >= 0.3 is 0 Å². The highest BCUT2D eigenvalue weighted by Crippen LogP contribution is 2.28. The molecule has 1 aliphatic rings. The molecule has 4 heteroatoms. The van der Waals surface area contributed by atoms with Crippen molar-refractivity contribution in [2.24, 2.45) is 0 Å². The number of ether oxygens (including phenoxy) is 2. The topological polar surface area (TPSA) is 47.7 Å². The van der Waals surface area contributed by atoms with Crippen LogP contribution in [0.2, 0.25) is 0 Å². The highest BCUT2D eigenvalue weighted by Gasteiger charge is 2.19. The van der Waals surface area contributed by atoms with Crippen LogP contribution in [0.25, 0.3) is 0 Å². The van der Waals surface area contributed by atoms with Crippen LogP contribution < -0.4 is 15.4 Å². The molecule has 1 aromatic carbocycles. The molecule has 0 spiro atoms. The summed E-state index contributed by atoms with van der Waals surface area (Å²) in [5.41, 5.74) is 7.86. The summed E-state index contributed by atoms with van der Waals surface area (Å²) >= 11 is 0. The van der Waals surface area contributed by atoms with Crippen LogP contribution >= 0.6 is 0 Å². The lowest BCUT2D eigenvalue weighted by molar-refractivity contribution is 0.0819. The lowest BCUT2D eigenvalue weighted by Crippen LogP contribution is -2.36. The van der Waals surface area contributed by atoms with Crippen molar-refractivity contribution in [2.75, 3.05) is 30.8 Å². The molecular formula is C15H24N2O2. The number of nitrogens with two attached hydrogens (primary N) is 1. The van der Waals surface area contributed by atoms with Gasteiger partial charge in [0.05, 0.1) is 12.2 Å². The maximum absolute atomic E-state index is 5.96. The van der Waals surface area contributed by atoms with E-state index in [4.69, 9.17) is 15.2 Å². The van der Waals surface area contributed by atoms with Crippen LogP contribution in [0.3, 0.4) is 0 Å². The lowest BCUT2D eigenvalue weighted by Gasteiger charge is -2.33. The Morgan fingerprint density at radius 1 is 1.21 bits per heavy atom. The Morgan fingerprint density at radius 3 is 2.47 bits per heavy atom. The molecule has 0 radical (unpaired) electrons. The molecule has 0 aliphatic carbocycles. The van der Waals surface area contributed by atoms with E-state index in [1.807, 2.05) is 26.0 Å². The van der Waals surface area contributed by atoms with Gasteiger partial charge in [0, 0.05) is 43.7 Å². The molecule has 1 fully saturated rings. The van der Waals surface area contributed by atoms with Crippen molar-refractivity contribution in [3.05, 3.63) is 18.2 Å². The average molecular weight is 264 g/mol. The highest BCUT2D eigenvalue weighted by molar-refractivity contribution is 5.60. The number of rotatable bonds is 4. The van der Waals surface area contributed by atoms with E-state index in [0.29, 0.717) is 6.10 Å². The fraction of sp³-hybridized carbons (Fsp3) is 0.600. The summed E-state index contributed by atoms with van der Waals surface area (Å²) in [6.45, 7) is 6.05. The molecule has 0 aromatic heterocycles. The number of hydrogen-bond donors (Lipinski definition) is 1. The van der Waals surface area contributed by atoms with Crippen LogP contribution in [-0.4, -0.2) is 32.4 Å². The van der Waals surface area contributed by atoms with Crippen LogP contribution in [-0.2, 0) is 4.74 Å². The van der Waals surface area contributed by atoms with Gasteiger partial charge in [0.2, 0.25) is 0 Å². The summed E-state index contributed by atoms with van der Waals surface area (Å²) in [5, 5.41) is 0. The third kappa shape index (κ3) is 3.77. The minimum absolute atomic E-state index is 0.161. The average Bonchev–Trinajstić information content (AvgIpc) is 2.37. The monoisotopic (exact) mass is 264 g/mol. The molecule has 0 saturated carbocycles. The molecule has 19 heavy (non-hydrogen) atoms. The predicted molar refractivity (Wildman–Crippen MR) is 78.9 cm³/mol. The standard InChI is InChI=1S/C15H24N2O2/c1-11(2)19-15-9-12(16)8-13(10-15)17-6-4-14(18-3)5-7-17/h8-11,14H,4-7,16H2,1-3H3. The SMILES string of the molecule is COC1CCN(c2cc(N)cc(OC(C)C)c2)CC1. The third-order valence-corrected chi connectivity index (χ3v) is 3.43. The summed E-state index contributed by atoms with van der Waals surface area (Å²) in [6, 6.07) is 5.97. The molecule has 106 valence electrons. The molecule has 2 rings (SSSR count). The van der Waals surface area contributed by atoms with Crippen LogP contribution in [0.5, 0.6) is 5.75 Å². The molecule has 1 saturated heterocycles. The zero-order valence-electron chi connectivity index (χ0n) is 12.1. The Bertz CT molecular complexity index is 413. The Labute approximate surface area is 115 Å². The first-order valence-electron chi connectivity index (χ1n) is 6.93. The summed E-state index contributed by atoms with van der Waals surface area (Å²) in [4.78, 5) is 2.35. The van der Waals surface area contributed by atoms with Gasteiger partial charge in [-0.25, -0.2) is 0 Å². The van der Waals surface area contributed by atoms with Crippen molar-refractivity contribution < 1.29 is 9.47 Å². The molecular weight excluding hydrogens is 240 g/mol. The van der Waals surface area contributed by atoms with Crippen LogP contribution in [0, 0.1) is 0 Å². The Morgan fingerprint density at radius 2 is 1.89 bits per heavy atom. The van der Waals surface area contributed by atoms with Crippen LogP contribution in [0.4, 0.5) is 11.4 Å². The first-order valence-corrected chi connectivity index (χ1v) is 6.93. The number of nitrogen functional groups attached to an aromatic ring is 1. The lowest BCUT2D eigenvalue weighted by atomic mass is 10.1. The predicted octanol–water partition coefficient (Wildman–Crippen LogP) is 2.67. The normalized spacial score (nSPS) is 16.9. The molecule has 4 nitrogen and oxygen atoms in total. The minimum atomic E-state index is 0.161. The zero-order chi connectivity index (χ0) is 13.8. The number of methoxy groups -OCH3 is 1. The third-order valence-electron chi connectivity index (χ3n) is 3.43. The smallest absolute Gasteiger partial charge is 0.123 e. The van der Waals surface area contributed by atoms with E-state index in [1.54, 1.807) is 7.11 Å². The summed E-state index contributed by atoms with van der Waals surface area (Å²) < 4.78 is 11.1. The second-order valence-corrected chi connectivity index (χ2v) is 5.35. The second kappa shape index (κ2) is 6.15. The van der Waals surface area contributed by atoms with Crippen molar-refractivity contribution in [1.29, 1.82) is 0 Å². The summed E-state index contributed by atoms with van der Waals surface area (Å²) in [6.07, 6.45) is 2.68. The first-order chi connectivity index (χ1) is 9.08. The van der Waals surface area contributed by atoms with Crippen LogP contribution in [0.1, 0.15) is 26.7 Å². The van der Waals surface area contributed by atoms with Crippen molar-refractivity contribution >= 4 is 11.4 Å². The fourth-order valence-electron chi connectivity index (χ4n) is 2.48. The van der Waals surface area contributed by atoms with Crippen LogP contribution in [0.15, 0.2) is 18.2 Å². The number of hydrogen-bond acceptors (Lipinski definition) is 4. The van der Waals surface area contributed by atoms with Gasteiger partial charge in [-0.1, -0.05) is 0 Å². The van der Waals surface area contributed by atoms with Crippen molar-refractivity contribution in [2.45, 2.75) is 38.9 Å². The van der Waals surface area contributed by atoms with Crippen molar-refractivity contribution in [1.82, 2.24) is 0 Å². The van der Waals surface area contributed by atoms with Gasteiger partial charge in [0.15, 0.2) is 0 Å². The largest absolute Gasteiger partial charge is 0.491 e. The molecule has 0 amide bonds. The van der Waals surface area contributed by atoms with Gasteiger partial charge < -0.3 is 20.1 Å². The van der Waals surface area contributed by atoms with E-state index in [2.05, 4.69) is 11.0 Å². The first kappa shape index (κ1) is 14.0.